The Morgan fingerprint density at radius 3 is 2.60 bits per heavy atom. The summed E-state index contributed by atoms with van der Waals surface area (Å²) < 4.78 is 5.19. The number of fused-ring (bicyclic) bond motifs is 1. The molecule has 0 aliphatic heterocycles. The van der Waals surface area contributed by atoms with Gasteiger partial charge >= 0.3 is 0 Å². The standard InChI is InChI=1S/C24H21N3O3/c1-30-18-8-6-7-17(14-18)26-24(29)20-10-3-5-12-22(20)27-23(28)13-16-15-25-21-11-4-2-9-19(16)21/h2-12,14-15,25H,13H2,1H3,(H,26,29)(H,27,28). The molecular formula is C24H21N3O3. The zero-order valence-corrected chi connectivity index (χ0v) is 16.4. The van der Waals surface area contributed by atoms with Crippen LogP contribution in [0.1, 0.15) is 15.9 Å². The van der Waals surface area contributed by atoms with E-state index >= 15 is 0 Å². The fraction of sp³-hybridized carbons (Fsp3) is 0.0833. The molecule has 4 aromatic rings. The number of anilines is 2. The molecule has 150 valence electrons. The Morgan fingerprint density at radius 2 is 1.73 bits per heavy atom. The van der Waals surface area contributed by atoms with Crippen LogP contribution in [0, 0.1) is 0 Å². The molecule has 2 amide bonds. The fourth-order valence-corrected chi connectivity index (χ4v) is 3.33. The number of amides is 2. The molecule has 1 aromatic heterocycles. The Bertz CT molecular complexity index is 1210. The van der Waals surface area contributed by atoms with Crippen molar-refractivity contribution in [3.05, 3.63) is 90.1 Å². The highest BCUT2D eigenvalue weighted by Gasteiger charge is 2.15. The van der Waals surface area contributed by atoms with E-state index in [0.29, 0.717) is 22.7 Å². The second-order valence-electron chi connectivity index (χ2n) is 6.82. The summed E-state index contributed by atoms with van der Waals surface area (Å²) in [6.45, 7) is 0. The molecule has 3 N–H and O–H groups in total. The summed E-state index contributed by atoms with van der Waals surface area (Å²) >= 11 is 0. The Labute approximate surface area is 173 Å². The Kier molecular flexibility index (Phi) is 5.48. The lowest BCUT2D eigenvalue weighted by Crippen LogP contribution is -2.19. The molecule has 0 spiro atoms. The Balaban J connectivity index is 1.49. The molecular weight excluding hydrogens is 378 g/mol. The van der Waals surface area contributed by atoms with Gasteiger partial charge in [-0.25, -0.2) is 0 Å². The van der Waals surface area contributed by atoms with Crippen LogP contribution in [0.2, 0.25) is 0 Å². The molecule has 4 rings (SSSR count). The van der Waals surface area contributed by atoms with Gasteiger partial charge in [-0.1, -0.05) is 36.4 Å². The third-order valence-corrected chi connectivity index (χ3v) is 4.80. The van der Waals surface area contributed by atoms with Crippen molar-refractivity contribution in [2.75, 3.05) is 17.7 Å². The molecule has 0 fully saturated rings. The number of aromatic amines is 1. The summed E-state index contributed by atoms with van der Waals surface area (Å²) in [5.41, 5.74) is 3.34. The number of hydrogen-bond acceptors (Lipinski definition) is 3. The zero-order valence-electron chi connectivity index (χ0n) is 16.4. The zero-order chi connectivity index (χ0) is 20.9. The van der Waals surface area contributed by atoms with E-state index in [1.807, 2.05) is 30.5 Å². The summed E-state index contributed by atoms with van der Waals surface area (Å²) in [6.07, 6.45) is 2.04. The van der Waals surface area contributed by atoms with Gasteiger partial charge in [0.2, 0.25) is 5.91 Å². The molecule has 0 radical (unpaired) electrons. The number of ether oxygens (including phenoxy) is 1. The van der Waals surface area contributed by atoms with Gasteiger partial charge in [0.15, 0.2) is 0 Å². The number of para-hydroxylation sites is 2. The second kappa shape index (κ2) is 8.53. The number of carbonyl (C=O) groups excluding carboxylic acids is 2. The Hall–Kier alpha value is -4.06. The highest BCUT2D eigenvalue weighted by molar-refractivity contribution is 6.10. The van der Waals surface area contributed by atoms with Gasteiger partial charge in [-0.2, -0.15) is 0 Å². The van der Waals surface area contributed by atoms with Crippen LogP contribution in [0.15, 0.2) is 79.0 Å². The highest BCUT2D eigenvalue weighted by Crippen LogP contribution is 2.22. The van der Waals surface area contributed by atoms with Crippen molar-refractivity contribution in [3.8, 4) is 5.75 Å². The molecule has 1 heterocycles. The molecule has 0 bridgehead atoms. The molecule has 0 aliphatic carbocycles. The Morgan fingerprint density at radius 1 is 0.933 bits per heavy atom. The molecule has 0 saturated carbocycles. The van der Waals surface area contributed by atoms with E-state index in [9.17, 15) is 9.59 Å². The first-order valence-corrected chi connectivity index (χ1v) is 9.53. The lowest BCUT2D eigenvalue weighted by atomic mass is 10.1. The molecule has 6 nitrogen and oxygen atoms in total. The summed E-state index contributed by atoms with van der Waals surface area (Å²) in [5.74, 6) is 0.140. The number of hydrogen-bond donors (Lipinski definition) is 3. The maximum Gasteiger partial charge on any atom is 0.257 e. The molecule has 0 saturated heterocycles. The first-order valence-electron chi connectivity index (χ1n) is 9.53. The summed E-state index contributed by atoms with van der Waals surface area (Å²) in [4.78, 5) is 28.6. The maximum absolute atomic E-state index is 12.8. The van der Waals surface area contributed by atoms with E-state index in [1.165, 1.54) is 0 Å². The minimum absolute atomic E-state index is 0.193. The van der Waals surface area contributed by atoms with Crippen LogP contribution < -0.4 is 15.4 Å². The van der Waals surface area contributed by atoms with Gasteiger partial charge in [0.1, 0.15) is 5.75 Å². The van der Waals surface area contributed by atoms with Crippen LogP contribution in [-0.2, 0) is 11.2 Å². The van der Waals surface area contributed by atoms with Gasteiger partial charge in [-0.05, 0) is 35.9 Å². The summed E-state index contributed by atoms with van der Waals surface area (Å²) in [7, 11) is 1.57. The number of aromatic nitrogens is 1. The molecule has 30 heavy (non-hydrogen) atoms. The van der Waals surface area contributed by atoms with E-state index in [4.69, 9.17) is 4.74 Å². The summed E-state index contributed by atoms with van der Waals surface area (Å²) in [6, 6.07) is 21.9. The molecule has 0 aliphatic rings. The van der Waals surface area contributed by atoms with Gasteiger partial charge in [-0.15, -0.1) is 0 Å². The predicted molar refractivity (Wildman–Crippen MR) is 118 cm³/mol. The van der Waals surface area contributed by atoms with Crippen molar-refractivity contribution < 1.29 is 14.3 Å². The molecule has 6 heteroatoms. The average Bonchev–Trinajstić information content (AvgIpc) is 3.17. The number of carbonyl (C=O) groups is 2. The number of H-pyrrole nitrogens is 1. The van der Waals surface area contributed by atoms with E-state index in [1.54, 1.807) is 55.6 Å². The van der Waals surface area contributed by atoms with Crippen LogP contribution in [0.25, 0.3) is 10.9 Å². The smallest absolute Gasteiger partial charge is 0.257 e. The second-order valence-corrected chi connectivity index (χ2v) is 6.82. The molecule has 0 atom stereocenters. The van der Waals surface area contributed by atoms with Crippen LogP contribution in [0.5, 0.6) is 5.75 Å². The van der Waals surface area contributed by atoms with Crippen molar-refractivity contribution in [1.29, 1.82) is 0 Å². The van der Waals surface area contributed by atoms with E-state index in [0.717, 1.165) is 16.5 Å². The minimum Gasteiger partial charge on any atom is -0.497 e. The fourth-order valence-electron chi connectivity index (χ4n) is 3.33. The van der Waals surface area contributed by atoms with Crippen molar-refractivity contribution in [3.63, 3.8) is 0 Å². The van der Waals surface area contributed by atoms with Crippen molar-refractivity contribution in [1.82, 2.24) is 4.98 Å². The number of benzene rings is 3. The molecule has 0 unspecified atom stereocenters. The van der Waals surface area contributed by atoms with Crippen LogP contribution in [-0.4, -0.2) is 23.9 Å². The third kappa shape index (κ3) is 4.17. The normalized spacial score (nSPS) is 10.6. The highest BCUT2D eigenvalue weighted by atomic mass is 16.5. The number of methoxy groups -OCH3 is 1. The van der Waals surface area contributed by atoms with Crippen LogP contribution in [0.3, 0.4) is 0 Å². The van der Waals surface area contributed by atoms with Crippen molar-refractivity contribution in [2.45, 2.75) is 6.42 Å². The molecule has 3 aromatic carbocycles. The predicted octanol–water partition coefficient (Wildman–Crippen LogP) is 4.61. The topological polar surface area (TPSA) is 83.2 Å². The maximum atomic E-state index is 12.8. The van der Waals surface area contributed by atoms with Crippen LogP contribution >= 0.6 is 0 Å². The first-order chi connectivity index (χ1) is 14.6. The van der Waals surface area contributed by atoms with E-state index in [-0.39, 0.29) is 18.2 Å². The van der Waals surface area contributed by atoms with Gasteiger partial charge in [0.25, 0.3) is 5.91 Å². The lowest BCUT2D eigenvalue weighted by Gasteiger charge is -2.12. The van der Waals surface area contributed by atoms with E-state index < -0.39 is 0 Å². The first kappa shape index (κ1) is 19.3. The average molecular weight is 399 g/mol. The largest absolute Gasteiger partial charge is 0.497 e. The SMILES string of the molecule is COc1cccc(NC(=O)c2ccccc2NC(=O)Cc2c[nH]c3ccccc23)c1. The summed E-state index contributed by atoms with van der Waals surface area (Å²) in [5, 5.41) is 6.72. The quantitative estimate of drug-likeness (QED) is 0.443. The van der Waals surface area contributed by atoms with Gasteiger partial charge in [0.05, 0.1) is 24.8 Å². The third-order valence-electron chi connectivity index (χ3n) is 4.80. The monoisotopic (exact) mass is 399 g/mol. The number of rotatable bonds is 6. The van der Waals surface area contributed by atoms with Crippen molar-refractivity contribution in [2.24, 2.45) is 0 Å². The van der Waals surface area contributed by atoms with Crippen molar-refractivity contribution >= 4 is 34.1 Å². The van der Waals surface area contributed by atoms with Gasteiger partial charge in [0, 0.05) is 28.9 Å². The van der Waals surface area contributed by atoms with Gasteiger partial charge in [-0.3, -0.25) is 9.59 Å². The minimum atomic E-state index is -0.314. The van der Waals surface area contributed by atoms with Crippen LogP contribution in [0.4, 0.5) is 11.4 Å². The van der Waals surface area contributed by atoms with Gasteiger partial charge < -0.3 is 20.4 Å². The lowest BCUT2D eigenvalue weighted by molar-refractivity contribution is -0.115. The van der Waals surface area contributed by atoms with E-state index in [2.05, 4.69) is 15.6 Å². The number of nitrogens with one attached hydrogen (secondary N) is 3.